The Morgan fingerprint density at radius 3 is 2.44 bits per heavy atom. The van der Waals surface area contributed by atoms with Crippen LogP contribution in [0.1, 0.15) is 39.3 Å². The number of amides is 1. The van der Waals surface area contributed by atoms with Crippen LogP contribution in [0.25, 0.3) is 11.1 Å². The number of carbonyl (C=O) groups excluding carboxylic acids is 2. The van der Waals surface area contributed by atoms with E-state index >= 15 is 0 Å². The smallest absolute Gasteiger partial charge is 0.305 e. The first-order valence-electron chi connectivity index (χ1n) is 10.2. The number of nitrogens with two attached hydrogens (primary N) is 1. The minimum absolute atomic E-state index is 0.176. The molecule has 0 aliphatic heterocycles. The number of esters is 1. The fraction of sp³-hybridized carbons (Fsp3) is 0.280. The molecule has 3 aromatic rings. The van der Waals surface area contributed by atoms with E-state index in [0.717, 1.165) is 39.4 Å². The van der Waals surface area contributed by atoms with Crippen molar-refractivity contribution >= 4 is 23.5 Å². The predicted molar refractivity (Wildman–Crippen MR) is 125 cm³/mol. The van der Waals surface area contributed by atoms with E-state index in [1.807, 2.05) is 60.9 Å². The molecule has 32 heavy (non-hydrogen) atoms. The van der Waals surface area contributed by atoms with E-state index in [2.05, 4.69) is 0 Å². The van der Waals surface area contributed by atoms with E-state index in [4.69, 9.17) is 26.8 Å². The van der Waals surface area contributed by atoms with Gasteiger partial charge in [0.05, 0.1) is 26.2 Å². The molecule has 0 radical (unpaired) electrons. The van der Waals surface area contributed by atoms with Gasteiger partial charge in [-0.15, -0.1) is 0 Å². The van der Waals surface area contributed by atoms with Gasteiger partial charge < -0.3 is 19.8 Å². The second-order valence-corrected chi connectivity index (χ2v) is 8.06. The van der Waals surface area contributed by atoms with Crippen molar-refractivity contribution in [3.8, 4) is 16.9 Å². The van der Waals surface area contributed by atoms with Gasteiger partial charge in [0, 0.05) is 28.5 Å². The monoisotopic (exact) mass is 454 g/mol. The number of hydrogen-bond acceptors (Lipinski definition) is 4. The predicted octanol–water partition coefficient (Wildman–Crippen LogP) is 4.69. The molecule has 1 amide bonds. The van der Waals surface area contributed by atoms with E-state index < -0.39 is 5.91 Å². The van der Waals surface area contributed by atoms with Crippen LogP contribution in [-0.4, -0.2) is 30.7 Å². The Labute approximate surface area is 192 Å². The van der Waals surface area contributed by atoms with Gasteiger partial charge in [0.15, 0.2) is 0 Å². The molecule has 0 saturated carbocycles. The highest BCUT2D eigenvalue weighted by molar-refractivity contribution is 6.30. The molecular formula is C25H27ClN2O4. The van der Waals surface area contributed by atoms with Gasteiger partial charge in [0.1, 0.15) is 5.75 Å². The fourth-order valence-corrected chi connectivity index (χ4v) is 4.27. The van der Waals surface area contributed by atoms with Crippen molar-refractivity contribution in [2.75, 3.05) is 14.2 Å². The van der Waals surface area contributed by atoms with Crippen LogP contribution < -0.4 is 10.5 Å². The first-order chi connectivity index (χ1) is 15.3. The topological polar surface area (TPSA) is 83.6 Å². The highest BCUT2D eigenvalue weighted by Gasteiger charge is 2.25. The van der Waals surface area contributed by atoms with Crippen LogP contribution in [0.15, 0.2) is 42.5 Å². The number of aryl methyl sites for hydroxylation is 1. The summed E-state index contributed by atoms with van der Waals surface area (Å²) >= 11 is 6.18. The van der Waals surface area contributed by atoms with Crippen LogP contribution in [0.2, 0.25) is 5.02 Å². The lowest BCUT2D eigenvalue weighted by atomic mass is 9.96. The van der Waals surface area contributed by atoms with E-state index in [9.17, 15) is 9.59 Å². The number of methoxy groups -OCH3 is 2. The second-order valence-electron chi connectivity index (χ2n) is 7.62. The summed E-state index contributed by atoms with van der Waals surface area (Å²) in [6, 6.07) is 13.3. The summed E-state index contributed by atoms with van der Waals surface area (Å²) in [6.45, 7) is 4.29. The Hall–Kier alpha value is -3.25. The molecule has 1 heterocycles. The third kappa shape index (κ3) is 4.81. The second kappa shape index (κ2) is 9.92. The van der Waals surface area contributed by atoms with Crippen molar-refractivity contribution in [2.45, 2.75) is 33.2 Å². The van der Waals surface area contributed by atoms with Crippen molar-refractivity contribution < 1.29 is 19.1 Å². The number of halogens is 1. The van der Waals surface area contributed by atoms with Crippen LogP contribution in [0.3, 0.4) is 0 Å². The number of carbonyl (C=O) groups is 2. The Morgan fingerprint density at radius 2 is 1.84 bits per heavy atom. The van der Waals surface area contributed by atoms with Gasteiger partial charge in [-0.1, -0.05) is 29.8 Å². The third-order valence-electron chi connectivity index (χ3n) is 5.58. The minimum atomic E-state index is -0.518. The summed E-state index contributed by atoms with van der Waals surface area (Å²) in [5, 5.41) is 0.629. The molecule has 1 aromatic heterocycles. The Morgan fingerprint density at radius 1 is 1.09 bits per heavy atom. The minimum Gasteiger partial charge on any atom is -0.496 e. The number of rotatable bonds is 8. The van der Waals surface area contributed by atoms with Crippen LogP contribution in [0.5, 0.6) is 5.75 Å². The number of aromatic nitrogens is 1. The summed E-state index contributed by atoms with van der Waals surface area (Å²) in [7, 11) is 2.98. The highest BCUT2D eigenvalue weighted by atomic mass is 35.5. The molecule has 2 aromatic carbocycles. The molecule has 3 rings (SSSR count). The lowest BCUT2D eigenvalue weighted by Gasteiger charge is -2.14. The van der Waals surface area contributed by atoms with Gasteiger partial charge in [-0.05, 0) is 61.2 Å². The molecule has 6 nitrogen and oxygen atoms in total. The van der Waals surface area contributed by atoms with Crippen molar-refractivity contribution in [1.82, 2.24) is 4.57 Å². The van der Waals surface area contributed by atoms with Gasteiger partial charge in [-0.25, -0.2) is 0 Å². The molecular weight excluding hydrogens is 428 g/mol. The number of ether oxygens (including phenoxy) is 2. The number of hydrogen-bond donors (Lipinski definition) is 1. The average Bonchev–Trinajstić information content (AvgIpc) is 3.03. The largest absolute Gasteiger partial charge is 0.496 e. The Kier molecular flexibility index (Phi) is 7.26. The molecule has 0 fully saturated rings. The van der Waals surface area contributed by atoms with Crippen LogP contribution >= 0.6 is 11.6 Å². The summed E-state index contributed by atoms with van der Waals surface area (Å²) in [5.74, 6) is -0.0913. The van der Waals surface area contributed by atoms with E-state index in [1.165, 1.54) is 7.11 Å². The lowest BCUT2D eigenvalue weighted by Crippen LogP contribution is -2.13. The van der Waals surface area contributed by atoms with Crippen molar-refractivity contribution in [3.05, 3.63) is 75.6 Å². The normalized spacial score (nSPS) is 10.8. The molecule has 0 bridgehead atoms. The van der Waals surface area contributed by atoms with Crippen LogP contribution in [-0.2, 0) is 22.5 Å². The molecule has 168 valence electrons. The first kappa shape index (κ1) is 23.4. The summed E-state index contributed by atoms with van der Waals surface area (Å²) in [4.78, 5) is 24.5. The Balaban J connectivity index is 2.23. The maximum atomic E-state index is 12.6. The fourth-order valence-electron chi connectivity index (χ4n) is 4.06. The van der Waals surface area contributed by atoms with Gasteiger partial charge >= 0.3 is 5.97 Å². The van der Waals surface area contributed by atoms with E-state index in [1.54, 1.807) is 7.11 Å². The maximum absolute atomic E-state index is 12.6. The van der Waals surface area contributed by atoms with Gasteiger partial charge in [-0.3, -0.25) is 9.59 Å². The molecule has 0 unspecified atom stereocenters. The average molecular weight is 455 g/mol. The lowest BCUT2D eigenvalue weighted by molar-refractivity contribution is -0.140. The third-order valence-corrected chi connectivity index (χ3v) is 5.82. The van der Waals surface area contributed by atoms with E-state index in [-0.39, 0.29) is 12.4 Å². The van der Waals surface area contributed by atoms with E-state index in [0.29, 0.717) is 23.6 Å². The summed E-state index contributed by atoms with van der Waals surface area (Å²) in [6.07, 6.45) is 0.567. The zero-order valence-corrected chi connectivity index (χ0v) is 19.5. The van der Waals surface area contributed by atoms with Gasteiger partial charge in [-0.2, -0.15) is 0 Å². The molecule has 2 N–H and O–H groups in total. The van der Waals surface area contributed by atoms with Gasteiger partial charge in [0.25, 0.3) is 5.91 Å². The molecule has 0 spiro atoms. The van der Waals surface area contributed by atoms with Crippen LogP contribution in [0.4, 0.5) is 0 Å². The van der Waals surface area contributed by atoms with Crippen molar-refractivity contribution in [2.24, 2.45) is 5.73 Å². The molecule has 0 aliphatic rings. The van der Waals surface area contributed by atoms with Crippen molar-refractivity contribution in [3.63, 3.8) is 0 Å². The quantitative estimate of drug-likeness (QED) is 0.500. The number of primary amides is 1. The zero-order valence-electron chi connectivity index (χ0n) is 18.7. The molecule has 7 heteroatoms. The zero-order chi connectivity index (χ0) is 23.4. The molecule has 0 atom stereocenters. The van der Waals surface area contributed by atoms with Crippen LogP contribution in [0, 0.1) is 13.8 Å². The summed E-state index contributed by atoms with van der Waals surface area (Å²) in [5.41, 5.74) is 11.3. The number of nitrogens with zero attached hydrogens (tertiary/aromatic N) is 1. The molecule has 0 aliphatic carbocycles. The highest BCUT2D eigenvalue weighted by Crippen LogP contribution is 2.36. The standard InChI is InChI=1S/C25H27ClN2O4/c1-15-12-18(8-10-21(15)31-3)24-20(9-11-22(29)32-4)28(16(2)23(24)25(27)30)14-17-6-5-7-19(26)13-17/h5-8,10,12-13H,9,11,14H2,1-4H3,(H2,27,30). The van der Waals surface area contributed by atoms with Crippen molar-refractivity contribution in [1.29, 1.82) is 0 Å². The maximum Gasteiger partial charge on any atom is 0.305 e. The Bertz CT molecular complexity index is 1170. The van der Waals surface area contributed by atoms with Gasteiger partial charge in [0.2, 0.25) is 0 Å². The SMILES string of the molecule is COC(=O)CCc1c(-c2ccc(OC)c(C)c2)c(C(N)=O)c(C)n1Cc1cccc(Cl)c1. The molecule has 0 saturated heterocycles. The first-order valence-corrected chi connectivity index (χ1v) is 10.6. The number of benzene rings is 2. The summed E-state index contributed by atoms with van der Waals surface area (Å²) < 4.78 is 12.3.